The van der Waals surface area contributed by atoms with E-state index in [0.29, 0.717) is 5.92 Å². The lowest BCUT2D eigenvalue weighted by Crippen LogP contribution is -2.44. The third-order valence-electron chi connectivity index (χ3n) is 6.72. The van der Waals surface area contributed by atoms with Gasteiger partial charge in [-0.1, -0.05) is 20.8 Å². The fraction of sp³-hybridized carbons (Fsp3) is 0.667. The average Bonchev–Trinajstić information content (AvgIpc) is 2.78. The van der Waals surface area contributed by atoms with Crippen LogP contribution in [0.4, 0.5) is 0 Å². The fourth-order valence-corrected chi connectivity index (χ4v) is 4.76. The first-order valence-corrected chi connectivity index (χ1v) is 7.74. The number of ether oxygens (including phenoxy) is 2. The summed E-state index contributed by atoms with van der Waals surface area (Å²) in [5.41, 5.74) is 0.165. The van der Waals surface area contributed by atoms with Gasteiger partial charge < -0.3 is 14.6 Å². The van der Waals surface area contributed by atoms with Gasteiger partial charge in [0.1, 0.15) is 11.5 Å². The lowest BCUT2D eigenvalue weighted by atomic mass is 9.62. The van der Waals surface area contributed by atoms with E-state index in [1.807, 2.05) is 18.2 Å². The first kappa shape index (κ1) is 17.2. The standard InChI is InChI=1S/C18H26O3.B/c1-16(2)12-6-7-17(16,3)18(19,11-12)13-8-14(20-4)10-15(9-13)21-5;/h8-10,12,19H,6-7,11H2,1-5H3;. The van der Waals surface area contributed by atoms with Gasteiger partial charge in [0.2, 0.25) is 0 Å². The van der Waals surface area contributed by atoms with Crippen LogP contribution in [0.25, 0.3) is 0 Å². The van der Waals surface area contributed by atoms with Gasteiger partial charge in [-0.3, -0.25) is 0 Å². The molecule has 2 fully saturated rings. The molecule has 1 N–H and O–H groups in total. The largest absolute Gasteiger partial charge is 0.497 e. The normalized spacial score (nSPS) is 35.1. The van der Waals surface area contributed by atoms with Crippen LogP contribution in [0.15, 0.2) is 18.2 Å². The van der Waals surface area contributed by atoms with E-state index in [0.717, 1.165) is 29.9 Å². The molecule has 22 heavy (non-hydrogen) atoms. The maximum absolute atomic E-state index is 11.6. The molecule has 119 valence electrons. The van der Waals surface area contributed by atoms with Gasteiger partial charge in [0.05, 0.1) is 19.8 Å². The molecule has 2 bridgehead atoms. The summed E-state index contributed by atoms with van der Waals surface area (Å²) in [5.74, 6) is 2.05. The van der Waals surface area contributed by atoms with Crippen molar-refractivity contribution in [1.82, 2.24) is 0 Å². The maximum Gasteiger partial charge on any atom is 0.122 e. The zero-order chi connectivity index (χ0) is 15.5. The van der Waals surface area contributed by atoms with Crippen molar-refractivity contribution in [1.29, 1.82) is 0 Å². The smallest absolute Gasteiger partial charge is 0.122 e. The van der Waals surface area contributed by atoms with E-state index in [4.69, 9.17) is 9.47 Å². The molecule has 1 aromatic carbocycles. The second-order valence-corrected chi connectivity index (χ2v) is 7.46. The van der Waals surface area contributed by atoms with Gasteiger partial charge in [0, 0.05) is 19.9 Å². The quantitative estimate of drug-likeness (QED) is 0.870. The second-order valence-electron chi connectivity index (χ2n) is 7.46. The molecule has 2 aliphatic carbocycles. The van der Waals surface area contributed by atoms with Gasteiger partial charge in [0.15, 0.2) is 0 Å². The minimum absolute atomic E-state index is 0. The Morgan fingerprint density at radius 1 is 1.05 bits per heavy atom. The summed E-state index contributed by atoms with van der Waals surface area (Å²) in [5, 5.41) is 11.6. The zero-order valence-electron chi connectivity index (χ0n) is 14.3. The van der Waals surface area contributed by atoms with Gasteiger partial charge >= 0.3 is 0 Å². The number of methoxy groups -OCH3 is 2. The Labute approximate surface area is 135 Å². The zero-order valence-corrected chi connectivity index (χ0v) is 14.3. The monoisotopic (exact) mass is 301 g/mol. The predicted molar refractivity (Wildman–Crippen MR) is 88.4 cm³/mol. The molecule has 3 atom stereocenters. The minimum atomic E-state index is -0.804. The third-order valence-corrected chi connectivity index (χ3v) is 6.72. The number of aliphatic hydroxyl groups is 1. The molecule has 2 aliphatic rings. The molecule has 0 amide bonds. The van der Waals surface area contributed by atoms with E-state index in [9.17, 15) is 5.11 Å². The Balaban J connectivity index is 0.00000176. The molecule has 3 radical (unpaired) electrons. The van der Waals surface area contributed by atoms with Crippen molar-refractivity contribution in [3.8, 4) is 11.5 Å². The van der Waals surface area contributed by atoms with Crippen molar-refractivity contribution in [2.75, 3.05) is 14.2 Å². The van der Waals surface area contributed by atoms with Crippen molar-refractivity contribution < 1.29 is 14.6 Å². The molecule has 3 nitrogen and oxygen atoms in total. The summed E-state index contributed by atoms with van der Waals surface area (Å²) < 4.78 is 10.8. The summed E-state index contributed by atoms with van der Waals surface area (Å²) in [6.45, 7) is 6.85. The van der Waals surface area contributed by atoms with Gasteiger partial charge in [-0.2, -0.15) is 0 Å². The van der Waals surface area contributed by atoms with E-state index < -0.39 is 5.60 Å². The van der Waals surface area contributed by atoms with Crippen LogP contribution in [-0.4, -0.2) is 27.7 Å². The van der Waals surface area contributed by atoms with Crippen molar-refractivity contribution in [3.63, 3.8) is 0 Å². The molecule has 3 unspecified atom stereocenters. The predicted octanol–water partition coefficient (Wildman–Crippen LogP) is 3.36. The van der Waals surface area contributed by atoms with Crippen molar-refractivity contribution in [2.45, 2.75) is 45.6 Å². The Hall–Kier alpha value is -1.16. The van der Waals surface area contributed by atoms with Crippen LogP contribution in [0, 0.1) is 16.7 Å². The van der Waals surface area contributed by atoms with Crippen LogP contribution in [-0.2, 0) is 5.60 Å². The molecule has 1 aromatic rings. The van der Waals surface area contributed by atoms with Crippen LogP contribution >= 0.6 is 0 Å². The molecule has 0 saturated heterocycles. The molecule has 0 aliphatic heterocycles. The Morgan fingerprint density at radius 2 is 1.59 bits per heavy atom. The maximum atomic E-state index is 11.6. The van der Waals surface area contributed by atoms with Gasteiger partial charge in [-0.25, -0.2) is 0 Å². The summed E-state index contributed by atoms with van der Waals surface area (Å²) >= 11 is 0. The van der Waals surface area contributed by atoms with E-state index in [2.05, 4.69) is 20.8 Å². The molecular weight excluding hydrogens is 275 g/mol. The Kier molecular flexibility index (Phi) is 4.06. The van der Waals surface area contributed by atoms with Crippen LogP contribution in [0.1, 0.15) is 45.6 Å². The highest BCUT2D eigenvalue weighted by molar-refractivity contribution is 5.75. The molecule has 2 saturated carbocycles. The van der Waals surface area contributed by atoms with Crippen LogP contribution in [0.2, 0.25) is 0 Å². The molecular formula is C18H26BO3. The number of benzene rings is 1. The fourth-order valence-electron chi connectivity index (χ4n) is 4.76. The lowest BCUT2D eigenvalue weighted by Gasteiger charge is -2.45. The minimum Gasteiger partial charge on any atom is -0.497 e. The van der Waals surface area contributed by atoms with E-state index in [1.165, 1.54) is 6.42 Å². The molecule has 0 heterocycles. The Morgan fingerprint density at radius 3 is 1.95 bits per heavy atom. The van der Waals surface area contributed by atoms with Crippen LogP contribution < -0.4 is 9.47 Å². The summed E-state index contributed by atoms with van der Waals surface area (Å²) in [6.07, 6.45) is 3.11. The highest BCUT2D eigenvalue weighted by atomic mass is 16.5. The van der Waals surface area contributed by atoms with Crippen LogP contribution in [0.5, 0.6) is 11.5 Å². The summed E-state index contributed by atoms with van der Waals surface area (Å²) in [4.78, 5) is 0. The van der Waals surface area contributed by atoms with Gasteiger partial charge in [-0.15, -0.1) is 0 Å². The van der Waals surface area contributed by atoms with Crippen molar-refractivity contribution in [3.05, 3.63) is 23.8 Å². The van der Waals surface area contributed by atoms with E-state index >= 15 is 0 Å². The SMILES string of the molecule is COc1cc(OC)cc(C2(O)CC3CCC2(C)C3(C)C)c1.[B]. The topological polar surface area (TPSA) is 38.7 Å². The van der Waals surface area contributed by atoms with Crippen molar-refractivity contribution >= 4 is 8.41 Å². The van der Waals surface area contributed by atoms with Gasteiger partial charge in [0.25, 0.3) is 0 Å². The third kappa shape index (κ3) is 1.92. The number of fused-ring (bicyclic) bond motifs is 2. The summed E-state index contributed by atoms with van der Waals surface area (Å²) in [7, 11) is 3.30. The van der Waals surface area contributed by atoms with E-state index in [1.54, 1.807) is 14.2 Å². The highest BCUT2D eigenvalue weighted by Gasteiger charge is 2.68. The van der Waals surface area contributed by atoms with Crippen molar-refractivity contribution in [2.24, 2.45) is 16.7 Å². The highest BCUT2D eigenvalue weighted by Crippen LogP contribution is 2.72. The number of hydrogen-bond donors (Lipinski definition) is 1. The van der Waals surface area contributed by atoms with Crippen LogP contribution in [0.3, 0.4) is 0 Å². The van der Waals surface area contributed by atoms with E-state index in [-0.39, 0.29) is 19.2 Å². The molecule has 4 heteroatoms. The van der Waals surface area contributed by atoms with Gasteiger partial charge in [-0.05, 0) is 48.3 Å². The molecule has 0 aromatic heterocycles. The summed E-state index contributed by atoms with van der Waals surface area (Å²) in [6, 6.07) is 5.78. The molecule has 3 rings (SSSR count). The Bertz CT molecular complexity index is 549. The second kappa shape index (κ2) is 5.19. The number of rotatable bonds is 3. The molecule has 0 spiro atoms. The average molecular weight is 301 g/mol. The number of hydrogen-bond acceptors (Lipinski definition) is 3. The first-order chi connectivity index (χ1) is 9.78. The first-order valence-electron chi connectivity index (χ1n) is 7.74. The lowest BCUT2D eigenvalue weighted by molar-refractivity contribution is -0.0959.